The Morgan fingerprint density at radius 1 is 0.815 bits per heavy atom. The number of nitrogens with one attached hydrogen (secondary N) is 2. The van der Waals surface area contributed by atoms with Crippen molar-refractivity contribution >= 4 is 23.6 Å². The number of carbonyl (C=O) groups is 4. The third-order valence-corrected chi connectivity index (χ3v) is 3.80. The number of ketones is 1. The smallest absolute Gasteiger partial charge is 0.303 e. The molecule has 0 aromatic carbocycles. The van der Waals surface area contributed by atoms with E-state index in [1.807, 2.05) is 0 Å². The maximum atomic E-state index is 11.4. The van der Waals surface area contributed by atoms with Crippen LogP contribution in [0.4, 0.5) is 0 Å². The van der Waals surface area contributed by atoms with Gasteiger partial charge in [-0.2, -0.15) is 0 Å². The molecule has 0 rings (SSSR count). The summed E-state index contributed by atoms with van der Waals surface area (Å²) in [6.07, 6.45) is 9.83. The lowest BCUT2D eigenvalue weighted by molar-refractivity contribution is -0.137. The van der Waals surface area contributed by atoms with Gasteiger partial charge in [0.1, 0.15) is 12.2 Å². The highest BCUT2D eigenvalue weighted by atomic mass is 16.4. The monoisotopic (exact) mass is 387 g/mol. The van der Waals surface area contributed by atoms with Crippen molar-refractivity contribution in [1.82, 2.24) is 10.6 Å². The van der Waals surface area contributed by atoms with Gasteiger partial charge in [0.2, 0.25) is 11.8 Å². The fraction of sp³-hybridized carbons (Fsp3) is 0.789. The molecule has 0 radical (unpaired) electrons. The molecule has 5 N–H and O–H groups in total. The summed E-state index contributed by atoms with van der Waals surface area (Å²) < 4.78 is 0. The van der Waals surface area contributed by atoms with Crippen LogP contribution in [-0.2, 0) is 19.2 Å². The summed E-state index contributed by atoms with van der Waals surface area (Å²) in [7, 11) is 1.47. The van der Waals surface area contributed by atoms with Gasteiger partial charge in [-0.1, -0.05) is 39.0 Å². The van der Waals surface area contributed by atoms with Gasteiger partial charge in [-0.3, -0.25) is 19.2 Å². The number of amides is 2. The predicted octanol–water partition coefficient (Wildman–Crippen LogP) is 2.11. The van der Waals surface area contributed by atoms with Crippen molar-refractivity contribution in [2.75, 3.05) is 13.7 Å². The van der Waals surface area contributed by atoms with Crippen LogP contribution in [0.3, 0.4) is 0 Å². The lowest BCUT2D eigenvalue weighted by Crippen LogP contribution is -2.33. The summed E-state index contributed by atoms with van der Waals surface area (Å²) in [5.74, 6) is -1.15. The van der Waals surface area contributed by atoms with Gasteiger partial charge in [0.15, 0.2) is 0 Å². The Morgan fingerprint density at radius 3 is 1.85 bits per heavy atom. The Balaban J connectivity index is 0. The van der Waals surface area contributed by atoms with Crippen molar-refractivity contribution in [2.45, 2.75) is 84.0 Å². The first kappa shape index (κ1) is 27.3. The van der Waals surface area contributed by atoms with E-state index in [2.05, 4.69) is 17.6 Å². The minimum Gasteiger partial charge on any atom is -0.481 e. The van der Waals surface area contributed by atoms with E-state index in [1.165, 1.54) is 32.7 Å². The minimum atomic E-state index is -0.770. The summed E-state index contributed by atoms with van der Waals surface area (Å²) in [6.45, 7) is 2.26. The van der Waals surface area contributed by atoms with E-state index in [9.17, 15) is 19.2 Å². The van der Waals surface area contributed by atoms with Crippen LogP contribution in [0.5, 0.6) is 0 Å². The van der Waals surface area contributed by atoms with Crippen LogP contribution >= 0.6 is 0 Å². The molecule has 0 spiro atoms. The molecular weight excluding hydrogens is 350 g/mol. The van der Waals surface area contributed by atoms with Crippen molar-refractivity contribution in [1.29, 1.82) is 0 Å². The minimum absolute atomic E-state index is 0.0653. The molecule has 0 aliphatic heterocycles. The Labute approximate surface area is 162 Å². The number of unbranched alkanes of at least 4 members (excludes halogenated alkanes) is 6. The van der Waals surface area contributed by atoms with E-state index in [1.54, 1.807) is 0 Å². The van der Waals surface area contributed by atoms with Gasteiger partial charge in [0.25, 0.3) is 0 Å². The standard InChI is InChI=1S/C14H26O3.C5H11N3O2/c1-2-3-4-5-6-7-10-13(15)11-8-9-12-14(16)17;1-7-4(9)2-5(10)8-3-6/h2-12H2,1H3,(H,16,17);2-3,6H2,1H3,(H,7,9)(H,8,10). The third kappa shape index (κ3) is 24.0. The molecule has 0 heterocycles. The SMILES string of the molecule is CCCCCCCCC(=O)CCCCC(=O)O.CNC(=O)CC(=O)NCN. The Morgan fingerprint density at radius 2 is 1.33 bits per heavy atom. The fourth-order valence-corrected chi connectivity index (χ4v) is 2.24. The second kappa shape index (κ2) is 20.4. The Kier molecular flexibility index (Phi) is 20.5. The average molecular weight is 388 g/mol. The molecule has 0 aliphatic rings. The molecule has 0 saturated carbocycles. The lowest BCUT2D eigenvalue weighted by atomic mass is 10.0. The normalized spacial score (nSPS) is 9.74. The number of hydrogen-bond donors (Lipinski definition) is 4. The van der Waals surface area contributed by atoms with E-state index >= 15 is 0 Å². The molecule has 0 bridgehead atoms. The topological polar surface area (TPSA) is 139 Å². The van der Waals surface area contributed by atoms with Crippen molar-refractivity contribution in [3.05, 3.63) is 0 Å². The molecule has 158 valence electrons. The number of carboxylic acids is 1. The second-order valence-electron chi connectivity index (χ2n) is 6.31. The number of nitrogens with two attached hydrogens (primary N) is 1. The zero-order chi connectivity index (χ0) is 20.9. The van der Waals surface area contributed by atoms with Gasteiger partial charge in [0.05, 0.1) is 6.67 Å². The van der Waals surface area contributed by atoms with Gasteiger partial charge >= 0.3 is 5.97 Å². The number of rotatable bonds is 15. The molecule has 27 heavy (non-hydrogen) atoms. The highest BCUT2D eigenvalue weighted by Gasteiger charge is 2.04. The molecule has 2 amide bonds. The first-order valence-electron chi connectivity index (χ1n) is 9.78. The third-order valence-electron chi connectivity index (χ3n) is 3.80. The van der Waals surface area contributed by atoms with Crippen LogP contribution in [0, 0.1) is 0 Å². The largest absolute Gasteiger partial charge is 0.481 e. The summed E-state index contributed by atoms with van der Waals surface area (Å²) in [6, 6.07) is 0. The van der Waals surface area contributed by atoms with Gasteiger partial charge in [-0.15, -0.1) is 0 Å². The quantitative estimate of drug-likeness (QED) is 0.193. The van der Waals surface area contributed by atoms with E-state index in [0.717, 1.165) is 19.3 Å². The number of Topliss-reactive ketones (excluding diaryl/α,β-unsaturated/α-hetero) is 1. The maximum Gasteiger partial charge on any atom is 0.303 e. The zero-order valence-corrected chi connectivity index (χ0v) is 16.8. The van der Waals surface area contributed by atoms with Gasteiger partial charge < -0.3 is 21.5 Å². The Bertz CT molecular complexity index is 428. The Hall–Kier alpha value is -1.96. The van der Waals surface area contributed by atoms with Crippen LogP contribution in [-0.4, -0.2) is 42.4 Å². The first-order valence-corrected chi connectivity index (χ1v) is 9.78. The van der Waals surface area contributed by atoms with Crippen molar-refractivity contribution in [2.24, 2.45) is 5.73 Å². The highest BCUT2D eigenvalue weighted by Crippen LogP contribution is 2.09. The molecule has 0 aromatic rings. The van der Waals surface area contributed by atoms with Crippen LogP contribution < -0.4 is 16.4 Å². The van der Waals surface area contributed by atoms with Crippen LogP contribution in [0.25, 0.3) is 0 Å². The number of carboxylic acid groups (broad SMARTS) is 1. The number of carbonyl (C=O) groups excluding carboxylic acids is 3. The highest BCUT2D eigenvalue weighted by molar-refractivity contribution is 5.96. The summed E-state index contributed by atoms with van der Waals surface area (Å²) in [5.41, 5.74) is 4.98. The molecule has 0 saturated heterocycles. The number of aliphatic carboxylic acids is 1. The predicted molar refractivity (Wildman–Crippen MR) is 105 cm³/mol. The summed E-state index contributed by atoms with van der Waals surface area (Å²) in [5, 5.41) is 13.0. The van der Waals surface area contributed by atoms with Crippen LogP contribution in [0.2, 0.25) is 0 Å². The van der Waals surface area contributed by atoms with Crippen molar-refractivity contribution in [3.8, 4) is 0 Å². The van der Waals surface area contributed by atoms with Crippen LogP contribution in [0.1, 0.15) is 84.0 Å². The molecule has 8 nitrogen and oxygen atoms in total. The first-order chi connectivity index (χ1) is 12.9. The van der Waals surface area contributed by atoms with E-state index in [4.69, 9.17) is 10.8 Å². The molecule has 0 fully saturated rings. The van der Waals surface area contributed by atoms with Crippen molar-refractivity contribution in [3.63, 3.8) is 0 Å². The second-order valence-corrected chi connectivity index (χ2v) is 6.31. The summed E-state index contributed by atoms with van der Waals surface area (Å²) in [4.78, 5) is 42.7. The average Bonchev–Trinajstić information content (AvgIpc) is 2.62. The molecule has 0 aliphatic carbocycles. The van der Waals surface area contributed by atoms with Gasteiger partial charge in [-0.05, 0) is 19.3 Å². The van der Waals surface area contributed by atoms with E-state index in [-0.39, 0.29) is 31.3 Å². The molecule has 0 atom stereocenters. The lowest BCUT2D eigenvalue weighted by Gasteiger charge is -2.01. The molecular formula is C19H37N3O5. The molecule has 8 heteroatoms. The van der Waals surface area contributed by atoms with Crippen molar-refractivity contribution < 1.29 is 24.3 Å². The van der Waals surface area contributed by atoms with Gasteiger partial charge in [0, 0.05) is 26.3 Å². The van der Waals surface area contributed by atoms with E-state index < -0.39 is 5.97 Å². The molecule has 0 aromatic heterocycles. The van der Waals surface area contributed by atoms with E-state index in [0.29, 0.717) is 25.0 Å². The van der Waals surface area contributed by atoms with Gasteiger partial charge in [-0.25, -0.2) is 0 Å². The number of hydrogen-bond acceptors (Lipinski definition) is 5. The maximum absolute atomic E-state index is 11.4. The van der Waals surface area contributed by atoms with Crippen LogP contribution in [0.15, 0.2) is 0 Å². The molecule has 0 unspecified atom stereocenters. The zero-order valence-electron chi connectivity index (χ0n) is 16.8. The fourth-order valence-electron chi connectivity index (χ4n) is 2.24. The summed E-state index contributed by atoms with van der Waals surface area (Å²) >= 11 is 0.